The third kappa shape index (κ3) is 4.19. The third-order valence-corrected chi connectivity index (χ3v) is 3.33. The van der Waals surface area contributed by atoms with Gasteiger partial charge in [-0.15, -0.1) is 0 Å². The van der Waals surface area contributed by atoms with Crippen LogP contribution in [0.1, 0.15) is 51.9 Å². The number of nitrogens with one attached hydrogen (secondary N) is 1. The molecule has 1 atom stereocenters. The zero-order valence-corrected chi connectivity index (χ0v) is 9.63. The van der Waals surface area contributed by atoms with Gasteiger partial charge in [-0.2, -0.15) is 5.26 Å². The van der Waals surface area contributed by atoms with E-state index in [9.17, 15) is 5.11 Å². The first-order valence-corrected chi connectivity index (χ1v) is 6.03. The van der Waals surface area contributed by atoms with Crippen LogP contribution in [0, 0.1) is 11.3 Å². The van der Waals surface area contributed by atoms with Gasteiger partial charge >= 0.3 is 0 Å². The SMILES string of the molecule is CCC(CC#N)NCC1(O)CCCCC1. The van der Waals surface area contributed by atoms with Gasteiger partial charge in [-0.1, -0.05) is 26.2 Å². The molecule has 15 heavy (non-hydrogen) atoms. The summed E-state index contributed by atoms with van der Waals surface area (Å²) >= 11 is 0. The van der Waals surface area contributed by atoms with Crippen LogP contribution in [0.15, 0.2) is 0 Å². The molecule has 0 bridgehead atoms. The molecule has 3 nitrogen and oxygen atoms in total. The molecule has 1 aliphatic carbocycles. The molecule has 0 heterocycles. The van der Waals surface area contributed by atoms with E-state index in [0.29, 0.717) is 13.0 Å². The van der Waals surface area contributed by atoms with Crippen LogP contribution in [-0.4, -0.2) is 23.3 Å². The lowest BCUT2D eigenvalue weighted by atomic mass is 9.84. The Bertz CT molecular complexity index is 216. The van der Waals surface area contributed by atoms with E-state index in [0.717, 1.165) is 32.1 Å². The van der Waals surface area contributed by atoms with Crippen LogP contribution in [-0.2, 0) is 0 Å². The molecule has 1 unspecified atom stereocenters. The molecule has 0 aromatic heterocycles. The van der Waals surface area contributed by atoms with Crippen molar-refractivity contribution in [3.63, 3.8) is 0 Å². The smallest absolute Gasteiger partial charge is 0.0771 e. The molecule has 3 heteroatoms. The Morgan fingerprint density at radius 3 is 2.60 bits per heavy atom. The summed E-state index contributed by atoms with van der Waals surface area (Å²) in [5, 5.41) is 22.2. The molecule has 0 spiro atoms. The lowest BCUT2D eigenvalue weighted by Gasteiger charge is -2.33. The molecular weight excluding hydrogens is 188 g/mol. The number of aliphatic hydroxyl groups is 1. The number of hydrogen-bond donors (Lipinski definition) is 2. The van der Waals surface area contributed by atoms with E-state index in [2.05, 4.69) is 18.3 Å². The van der Waals surface area contributed by atoms with Crippen LogP contribution in [0.4, 0.5) is 0 Å². The lowest BCUT2D eigenvalue weighted by Crippen LogP contribution is -2.45. The summed E-state index contributed by atoms with van der Waals surface area (Å²) in [7, 11) is 0. The Balaban J connectivity index is 2.30. The topological polar surface area (TPSA) is 56.0 Å². The fraction of sp³-hybridized carbons (Fsp3) is 0.917. The van der Waals surface area contributed by atoms with E-state index >= 15 is 0 Å². The summed E-state index contributed by atoms with van der Waals surface area (Å²) in [6, 6.07) is 2.41. The van der Waals surface area contributed by atoms with Gasteiger partial charge in [-0.25, -0.2) is 0 Å². The molecule has 1 aliphatic rings. The van der Waals surface area contributed by atoms with Crippen LogP contribution in [0.2, 0.25) is 0 Å². The second kappa shape index (κ2) is 6.09. The predicted octanol–water partition coefficient (Wildman–Crippen LogP) is 1.96. The van der Waals surface area contributed by atoms with Crippen LogP contribution in [0.5, 0.6) is 0 Å². The van der Waals surface area contributed by atoms with E-state index in [1.54, 1.807) is 0 Å². The monoisotopic (exact) mass is 210 g/mol. The Morgan fingerprint density at radius 1 is 1.40 bits per heavy atom. The van der Waals surface area contributed by atoms with Gasteiger partial charge in [0, 0.05) is 12.6 Å². The van der Waals surface area contributed by atoms with Gasteiger partial charge in [0.15, 0.2) is 0 Å². The number of rotatable bonds is 5. The van der Waals surface area contributed by atoms with Gasteiger partial charge in [-0.05, 0) is 19.3 Å². The maximum absolute atomic E-state index is 10.2. The van der Waals surface area contributed by atoms with Gasteiger partial charge in [0.25, 0.3) is 0 Å². The standard InChI is InChI=1S/C12H22N2O/c1-2-11(6-9-13)14-10-12(15)7-4-3-5-8-12/h11,14-15H,2-8,10H2,1H3. The van der Waals surface area contributed by atoms with Crippen LogP contribution in [0.3, 0.4) is 0 Å². The zero-order valence-electron chi connectivity index (χ0n) is 9.63. The van der Waals surface area contributed by atoms with Crippen molar-refractivity contribution < 1.29 is 5.11 Å². The summed E-state index contributed by atoms with van der Waals surface area (Å²) in [5.41, 5.74) is -0.513. The summed E-state index contributed by atoms with van der Waals surface area (Å²) in [4.78, 5) is 0. The van der Waals surface area contributed by atoms with Crippen LogP contribution >= 0.6 is 0 Å². The molecule has 1 rings (SSSR count). The first-order chi connectivity index (χ1) is 7.20. The Labute approximate surface area is 92.5 Å². The molecule has 1 fully saturated rings. The predicted molar refractivity (Wildman–Crippen MR) is 60.3 cm³/mol. The van der Waals surface area contributed by atoms with E-state index in [4.69, 9.17) is 5.26 Å². The van der Waals surface area contributed by atoms with Gasteiger partial charge in [-0.3, -0.25) is 0 Å². The van der Waals surface area contributed by atoms with Gasteiger partial charge < -0.3 is 10.4 Å². The van der Waals surface area contributed by atoms with E-state index in [-0.39, 0.29) is 6.04 Å². The minimum Gasteiger partial charge on any atom is -0.389 e. The van der Waals surface area contributed by atoms with Crippen molar-refractivity contribution >= 4 is 0 Å². The van der Waals surface area contributed by atoms with Gasteiger partial charge in [0.1, 0.15) is 0 Å². The highest BCUT2D eigenvalue weighted by molar-refractivity contribution is 4.87. The lowest BCUT2D eigenvalue weighted by molar-refractivity contribution is 0.00265. The second-order valence-corrected chi connectivity index (χ2v) is 4.63. The minimum atomic E-state index is -0.513. The zero-order chi connectivity index (χ0) is 11.1. The number of nitrogens with zero attached hydrogens (tertiary/aromatic N) is 1. The highest BCUT2D eigenvalue weighted by Crippen LogP contribution is 2.27. The van der Waals surface area contributed by atoms with Gasteiger partial charge in [0.2, 0.25) is 0 Å². The highest BCUT2D eigenvalue weighted by atomic mass is 16.3. The van der Waals surface area contributed by atoms with Crippen molar-refractivity contribution in [1.82, 2.24) is 5.32 Å². The molecule has 0 amide bonds. The Kier molecular flexibility index (Phi) is 5.07. The molecule has 0 aromatic carbocycles. The molecule has 2 N–H and O–H groups in total. The molecule has 0 saturated heterocycles. The fourth-order valence-corrected chi connectivity index (χ4v) is 2.19. The maximum atomic E-state index is 10.2. The van der Waals surface area contributed by atoms with E-state index < -0.39 is 5.60 Å². The Hall–Kier alpha value is -0.590. The van der Waals surface area contributed by atoms with Crippen molar-refractivity contribution in [1.29, 1.82) is 5.26 Å². The summed E-state index contributed by atoms with van der Waals surface area (Å²) < 4.78 is 0. The largest absolute Gasteiger partial charge is 0.389 e. The average molecular weight is 210 g/mol. The normalized spacial score (nSPS) is 21.9. The molecule has 86 valence electrons. The fourth-order valence-electron chi connectivity index (χ4n) is 2.19. The number of nitriles is 1. The third-order valence-electron chi connectivity index (χ3n) is 3.33. The van der Waals surface area contributed by atoms with Crippen molar-refractivity contribution in [2.45, 2.75) is 63.5 Å². The van der Waals surface area contributed by atoms with E-state index in [1.807, 2.05) is 0 Å². The quantitative estimate of drug-likeness (QED) is 0.729. The molecule has 0 aromatic rings. The molecule has 1 saturated carbocycles. The first-order valence-electron chi connectivity index (χ1n) is 6.03. The minimum absolute atomic E-state index is 0.237. The Morgan fingerprint density at radius 2 is 2.07 bits per heavy atom. The van der Waals surface area contributed by atoms with Crippen LogP contribution < -0.4 is 5.32 Å². The first kappa shape index (κ1) is 12.5. The summed E-state index contributed by atoms with van der Waals surface area (Å²) in [5.74, 6) is 0. The van der Waals surface area contributed by atoms with Gasteiger partial charge in [0.05, 0.1) is 18.1 Å². The molecule has 0 aliphatic heterocycles. The van der Waals surface area contributed by atoms with Crippen molar-refractivity contribution in [2.24, 2.45) is 0 Å². The summed E-state index contributed by atoms with van der Waals surface area (Å²) in [6.45, 7) is 2.72. The maximum Gasteiger partial charge on any atom is 0.0771 e. The average Bonchev–Trinajstić information content (AvgIpc) is 2.25. The van der Waals surface area contributed by atoms with E-state index in [1.165, 1.54) is 6.42 Å². The van der Waals surface area contributed by atoms with Crippen LogP contribution in [0.25, 0.3) is 0 Å². The van der Waals surface area contributed by atoms with Crippen molar-refractivity contribution in [3.8, 4) is 6.07 Å². The van der Waals surface area contributed by atoms with Crippen molar-refractivity contribution in [3.05, 3.63) is 0 Å². The number of hydrogen-bond acceptors (Lipinski definition) is 3. The highest BCUT2D eigenvalue weighted by Gasteiger charge is 2.29. The molecular formula is C12H22N2O. The second-order valence-electron chi connectivity index (χ2n) is 4.63. The molecule has 0 radical (unpaired) electrons. The summed E-state index contributed by atoms with van der Waals surface area (Å²) in [6.07, 6.45) is 6.81. The van der Waals surface area contributed by atoms with Crippen molar-refractivity contribution in [2.75, 3.05) is 6.54 Å².